The predicted molar refractivity (Wildman–Crippen MR) is 69.2 cm³/mol. The van der Waals surface area contributed by atoms with Crippen LogP contribution in [0.3, 0.4) is 0 Å². The van der Waals surface area contributed by atoms with Gasteiger partial charge in [-0.3, -0.25) is 4.79 Å². The maximum atomic E-state index is 11.2. The molecule has 0 saturated heterocycles. The SMILES string of the molecule is Cc1cc(C(N)=O)cc(C)c1OC(C(=O)O)C1CC1. The van der Waals surface area contributed by atoms with Crippen molar-refractivity contribution in [1.29, 1.82) is 0 Å². The Kier molecular flexibility index (Phi) is 3.46. The van der Waals surface area contributed by atoms with Gasteiger partial charge >= 0.3 is 5.97 Å². The van der Waals surface area contributed by atoms with Gasteiger partial charge in [-0.2, -0.15) is 0 Å². The van der Waals surface area contributed by atoms with Gasteiger partial charge in [0.1, 0.15) is 5.75 Å². The van der Waals surface area contributed by atoms with Crippen LogP contribution in [0.25, 0.3) is 0 Å². The molecule has 0 radical (unpaired) electrons. The molecule has 19 heavy (non-hydrogen) atoms. The number of aliphatic carboxylic acids is 1. The quantitative estimate of drug-likeness (QED) is 0.845. The van der Waals surface area contributed by atoms with Gasteiger partial charge in [0.15, 0.2) is 6.10 Å². The van der Waals surface area contributed by atoms with Gasteiger partial charge in [0.25, 0.3) is 0 Å². The monoisotopic (exact) mass is 263 g/mol. The van der Waals surface area contributed by atoms with Gasteiger partial charge in [-0.25, -0.2) is 4.79 Å². The van der Waals surface area contributed by atoms with E-state index in [0.717, 1.165) is 24.0 Å². The van der Waals surface area contributed by atoms with E-state index in [9.17, 15) is 14.7 Å². The topological polar surface area (TPSA) is 89.6 Å². The molecule has 0 aromatic heterocycles. The Morgan fingerprint density at radius 1 is 1.32 bits per heavy atom. The Balaban J connectivity index is 2.29. The molecule has 1 aromatic carbocycles. The Hall–Kier alpha value is -2.04. The average molecular weight is 263 g/mol. The van der Waals surface area contributed by atoms with Gasteiger partial charge < -0.3 is 15.6 Å². The third-order valence-corrected chi connectivity index (χ3v) is 3.28. The lowest BCUT2D eigenvalue weighted by Gasteiger charge is -2.18. The number of carboxylic acids is 1. The maximum Gasteiger partial charge on any atom is 0.345 e. The Labute approximate surface area is 111 Å². The van der Waals surface area contributed by atoms with E-state index in [1.54, 1.807) is 26.0 Å². The van der Waals surface area contributed by atoms with E-state index >= 15 is 0 Å². The highest BCUT2D eigenvalue weighted by molar-refractivity contribution is 5.93. The lowest BCUT2D eigenvalue weighted by molar-refractivity contribution is -0.146. The number of aryl methyl sites for hydroxylation is 2. The Bertz CT molecular complexity index is 511. The second kappa shape index (κ2) is 4.91. The molecular formula is C14H17NO4. The second-order valence-corrected chi connectivity index (χ2v) is 5.02. The molecule has 1 unspecified atom stereocenters. The molecule has 102 valence electrons. The summed E-state index contributed by atoms with van der Waals surface area (Å²) in [5.74, 6) is -0.827. The van der Waals surface area contributed by atoms with E-state index in [1.807, 2.05) is 0 Å². The summed E-state index contributed by atoms with van der Waals surface area (Å²) >= 11 is 0. The number of carboxylic acid groups (broad SMARTS) is 1. The number of amides is 1. The molecule has 2 rings (SSSR count). The zero-order chi connectivity index (χ0) is 14.2. The molecule has 0 heterocycles. The van der Waals surface area contributed by atoms with Crippen LogP contribution in [0.1, 0.15) is 34.3 Å². The first-order valence-electron chi connectivity index (χ1n) is 6.20. The van der Waals surface area contributed by atoms with Crippen molar-refractivity contribution >= 4 is 11.9 Å². The summed E-state index contributed by atoms with van der Waals surface area (Å²) in [6, 6.07) is 3.24. The highest BCUT2D eigenvalue weighted by Gasteiger charge is 2.38. The minimum atomic E-state index is -0.944. The van der Waals surface area contributed by atoms with E-state index in [1.165, 1.54) is 0 Å². The van der Waals surface area contributed by atoms with E-state index in [4.69, 9.17) is 10.5 Å². The van der Waals surface area contributed by atoms with Gasteiger partial charge in [0.05, 0.1) is 0 Å². The van der Waals surface area contributed by atoms with Crippen molar-refractivity contribution < 1.29 is 19.4 Å². The third-order valence-electron chi connectivity index (χ3n) is 3.28. The smallest absolute Gasteiger partial charge is 0.345 e. The Morgan fingerprint density at radius 3 is 2.21 bits per heavy atom. The fourth-order valence-corrected chi connectivity index (χ4v) is 2.15. The number of nitrogens with two attached hydrogens (primary N) is 1. The van der Waals surface area contributed by atoms with Crippen LogP contribution in [0, 0.1) is 19.8 Å². The number of hydrogen-bond acceptors (Lipinski definition) is 3. The molecule has 1 amide bonds. The van der Waals surface area contributed by atoms with Crippen molar-refractivity contribution in [3.05, 3.63) is 28.8 Å². The first-order chi connectivity index (χ1) is 8.90. The summed E-state index contributed by atoms with van der Waals surface area (Å²) in [7, 11) is 0. The molecule has 1 aliphatic carbocycles. The first kappa shape index (κ1) is 13.4. The van der Waals surface area contributed by atoms with Gasteiger partial charge in [-0.05, 0) is 49.9 Å². The molecule has 0 bridgehead atoms. The Morgan fingerprint density at radius 2 is 1.84 bits per heavy atom. The minimum Gasteiger partial charge on any atom is -0.478 e. The molecule has 5 heteroatoms. The predicted octanol–water partition coefficient (Wildman–Crippen LogP) is 1.64. The number of benzene rings is 1. The number of primary amides is 1. The summed E-state index contributed by atoms with van der Waals surface area (Å²) in [6.45, 7) is 3.56. The zero-order valence-electron chi connectivity index (χ0n) is 11.0. The number of carbonyl (C=O) groups is 2. The normalized spacial score (nSPS) is 15.9. The standard InChI is InChI=1S/C14H17NO4/c1-7-5-10(13(15)16)6-8(2)11(7)19-12(14(17)18)9-3-4-9/h5-6,9,12H,3-4H2,1-2H3,(H2,15,16)(H,17,18). The van der Waals surface area contributed by atoms with Crippen LogP contribution in [-0.2, 0) is 4.79 Å². The summed E-state index contributed by atoms with van der Waals surface area (Å²) in [4.78, 5) is 22.3. The van der Waals surface area contributed by atoms with E-state index in [2.05, 4.69) is 0 Å². The zero-order valence-corrected chi connectivity index (χ0v) is 11.0. The fourth-order valence-electron chi connectivity index (χ4n) is 2.15. The van der Waals surface area contributed by atoms with E-state index in [-0.39, 0.29) is 5.92 Å². The van der Waals surface area contributed by atoms with E-state index in [0.29, 0.717) is 11.3 Å². The summed E-state index contributed by atoms with van der Waals surface area (Å²) in [6.07, 6.45) is 0.958. The largest absolute Gasteiger partial charge is 0.478 e. The number of ether oxygens (including phenoxy) is 1. The minimum absolute atomic E-state index is 0.0899. The van der Waals surface area contributed by atoms with Crippen molar-refractivity contribution in [2.75, 3.05) is 0 Å². The van der Waals surface area contributed by atoms with Crippen LogP contribution in [0.5, 0.6) is 5.75 Å². The van der Waals surface area contributed by atoms with Crippen molar-refractivity contribution in [3.63, 3.8) is 0 Å². The van der Waals surface area contributed by atoms with Crippen LogP contribution in [0.2, 0.25) is 0 Å². The fraction of sp³-hybridized carbons (Fsp3) is 0.429. The van der Waals surface area contributed by atoms with Gasteiger partial charge in [-0.1, -0.05) is 0 Å². The molecule has 1 fully saturated rings. The van der Waals surface area contributed by atoms with Crippen molar-refractivity contribution in [1.82, 2.24) is 0 Å². The van der Waals surface area contributed by atoms with Crippen LogP contribution in [-0.4, -0.2) is 23.1 Å². The molecule has 3 N–H and O–H groups in total. The molecule has 1 atom stereocenters. The van der Waals surface area contributed by atoms with Gasteiger partial charge in [0.2, 0.25) is 5.91 Å². The van der Waals surface area contributed by atoms with Crippen molar-refractivity contribution in [2.45, 2.75) is 32.8 Å². The summed E-state index contributed by atoms with van der Waals surface area (Å²) in [5, 5.41) is 9.17. The van der Waals surface area contributed by atoms with Crippen molar-refractivity contribution in [2.24, 2.45) is 11.7 Å². The number of rotatable bonds is 5. The van der Waals surface area contributed by atoms with Gasteiger partial charge in [0, 0.05) is 11.5 Å². The highest BCUT2D eigenvalue weighted by atomic mass is 16.5. The lowest BCUT2D eigenvalue weighted by atomic mass is 10.0. The molecule has 0 aliphatic heterocycles. The first-order valence-corrected chi connectivity index (χ1v) is 6.20. The average Bonchev–Trinajstić information content (AvgIpc) is 3.11. The highest BCUT2D eigenvalue weighted by Crippen LogP contribution is 2.36. The molecule has 0 spiro atoms. The van der Waals surface area contributed by atoms with Crippen LogP contribution < -0.4 is 10.5 Å². The van der Waals surface area contributed by atoms with E-state index < -0.39 is 18.0 Å². The van der Waals surface area contributed by atoms with Crippen LogP contribution in [0.15, 0.2) is 12.1 Å². The molecule has 1 aromatic rings. The number of carbonyl (C=O) groups excluding carboxylic acids is 1. The molecule has 5 nitrogen and oxygen atoms in total. The maximum absolute atomic E-state index is 11.2. The van der Waals surface area contributed by atoms with Crippen molar-refractivity contribution in [3.8, 4) is 5.75 Å². The summed E-state index contributed by atoms with van der Waals surface area (Å²) < 4.78 is 5.64. The summed E-state index contributed by atoms with van der Waals surface area (Å²) in [5.41, 5.74) is 7.08. The number of hydrogen-bond donors (Lipinski definition) is 2. The molecule has 1 aliphatic rings. The van der Waals surface area contributed by atoms with Gasteiger partial charge in [-0.15, -0.1) is 0 Å². The van der Waals surface area contributed by atoms with Crippen LogP contribution >= 0.6 is 0 Å². The second-order valence-electron chi connectivity index (χ2n) is 5.02. The molecular weight excluding hydrogens is 246 g/mol. The third kappa shape index (κ3) is 2.86. The molecule has 1 saturated carbocycles. The lowest BCUT2D eigenvalue weighted by Crippen LogP contribution is -2.29. The van der Waals surface area contributed by atoms with Crippen LogP contribution in [0.4, 0.5) is 0 Å².